The minimum atomic E-state index is -0.238. The summed E-state index contributed by atoms with van der Waals surface area (Å²) in [5.74, 6) is 2.66. The van der Waals surface area contributed by atoms with Gasteiger partial charge >= 0.3 is 0 Å². The number of fused-ring (bicyclic) bond motifs is 1. The molecule has 2 heterocycles. The highest BCUT2D eigenvalue weighted by atomic mass is 32.2. The minimum Gasteiger partial charge on any atom is -0.483 e. The van der Waals surface area contributed by atoms with Gasteiger partial charge < -0.3 is 14.3 Å². The van der Waals surface area contributed by atoms with Crippen LogP contribution in [0.25, 0.3) is 10.9 Å². The summed E-state index contributed by atoms with van der Waals surface area (Å²) in [4.78, 5) is 19.6. The molecule has 0 unspecified atom stereocenters. The van der Waals surface area contributed by atoms with Crippen LogP contribution in [-0.2, 0) is 12.3 Å². The summed E-state index contributed by atoms with van der Waals surface area (Å²) in [6, 6.07) is 17.0. The van der Waals surface area contributed by atoms with Crippen LogP contribution in [0.4, 0.5) is 0 Å². The highest BCUT2D eigenvalue weighted by Gasteiger charge is 2.19. The van der Waals surface area contributed by atoms with Crippen molar-refractivity contribution >= 4 is 22.7 Å². The molecular weight excluding hydrogens is 386 g/mol. The maximum absolute atomic E-state index is 12.2. The molecule has 0 aliphatic heterocycles. The molecule has 0 aliphatic rings. The van der Waals surface area contributed by atoms with Crippen LogP contribution < -0.4 is 10.3 Å². The second kappa shape index (κ2) is 8.48. The number of para-hydroxylation sites is 2. The van der Waals surface area contributed by atoms with Crippen LogP contribution in [-0.4, -0.2) is 24.7 Å². The first-order valence-corrected chi connectivity index (χ1v) is 10.4. The maximum atomic E-state index is 12.2. The Morgan fingerprint density at radius 2 is 1.86 bits per heavy atom. The van der Waals surface area contributed by atoms with Gasteiger partial charge in [-0.15, -0.1) is 10.2 Å². The van der Waals surface area contributed by atoms with Crippen LogP contribution in [0.1, 0.15) is 31.6 Å². The van der Waals surface area contributed by atoms with Crippen molar-refractivity contribution in [1.82, 2.24) is 24.7 Å². The molecule has 29 heavy (non-hydrogen) atoms. The van der Waals surface area contributed by atoms with Gasteiger partial charge in [0.15, 0.2) is 17.1 Å². The van der Waals surface area contributed by atoms with Gasteiger partial charge in [0, 0.05) is 6.54 Å². The number of benzene rings is 2. The minimum absolute atomic E-state index is 0.131. The van der Waals surface area contributed by atoms with Crippen LogP contribution >= 0.6 is 11.8 Å². The van der Waals surface area contributed by atoms with Gasteiger partial charge in [0.1, 0.15) is 11.6 Å². The Bertz CT molecular complexity index is 1170. The Morgan fingerprint density at radius 3 is 2.66 bits per heavy atom. The van der Waals surface area contributed by atoms with Crippen LogP contribution in [0.5, 0.6) is 5.75 Å². The molecule has 0 amide bonds. The number of ether oxygens (including phenoxy) is 1. The number of thioether (sulfide) groups is 1. The summed E-state index contributed by atoms with van der Waals surface area (Å²) in [5.41, 5.74) is 0.558. The third-order valence-corrected chi connectivity index (χ3v) is 5.46. The van der Waals surface area contributed by atoms with E-state index < -0.39 is 0 Å². The molecule has 0 bridgehead atoms. The highest BCUT2D eigenvalue weighted by molar-refractivity contribution is 7.98. The number of hydrogen-bond donors (Lipinski definition) is 1. The van der Waals surface area contributed by atoms with E-state index in [0.29, 0.717) is 22.5 Å². The van der Waals surface area contributed by atoms with E-state index in [1.807, 2.05) is 66.9 Å². The molecule has 2 aromatic carbocycles. The van der Waals surface area contributed by atoms with Crippen molar-refractivity contribution in [3.63, 3.8) is 0 Å². The molecule has 0 radical (unpaired) electrons. The molecule has 0 saturated heterocycles. The summed E-state index contributed by atoms with van der Waals surface area (Å²) in [6.07, 6.45) is -0.238. The molecule has 1 N–H and O–H groups in total. The molecule has 8 heteroatoms. The van der Waals surface area contributed by atoms with Crippen molar-refractivity contribution in [3.05, 3.63) is 76.6 Å². The summed E-state index contributed by atoms with van der Waals surface area (Å²) >= 11 is 1.49. The zero-order valence-corrected chi connectivity index (χ0v) is 17.0. The number of nitrogens with one attached hydrogen (secondary N) is 1. The number of aromatic nitrogens is 5. The number of nitrogens with zero attached hydrogens (tertiary/aromatic N) is 4. The number of H-pyrrole nitrogens is 1. The molecule has 0 aliphatic carbocycles. The second-order valence-corrected chi connectivity index (χ2v) is 7.42. The lowest BCUT2D eigenvalue weighted by Gasteiger charge is -2.15. The van der Waals surface area contributed by atoms with E-state index in [2.05, 4.69) is 20.2 Å². The quantitative estimate of drug-likeness (QED) is 0.467. The Labute approximate surface area is 172 Å². The van der Waals surface area contributed by atoms with Gasteiger partial charge in [-0.2, -0.15) is 0 Å². The van der Waals surface area contributed by atoms with Crippen molar-refractivity contribution in [2.24, 2.45) is 0 Å². The van der Waals surface area contributed by atoms with Gasteiger partial charge in [0.05, 0.1) is 16.7 Å². The van der Waals surface area contributed by atoms with Gasteiger partial charge in [-0.3, -0.25) is 4.79 Å². The zero-order valence-electron chi connectivity index (χ0n) is 16.2. The molecule has 0 spiro atoms. The first-order chi connectivity index (χ1) is 14.2. The fourth-order valence-electron chi connectivity index (χ4n) is 3.10. The lowest BCUT2D eigenvalue weighted by atomic mass is 10.2. The molecule has 4 rings (SSSR count). The predicted molar refractivity (Wildman–Crippen MR) is 113 cm³/mol. The average molecular weight is 407 g/mol. The topological polar surface area (TPSA) is 85.7 Å². The average Bonchev–Trinajstić information content (AvgIpc) is 3.16. The first-order valence-electron chi connectivity index (χ1n) is 9.41. The van der Waals surface area contributed by atoms with Gasteiger partial charge in [-0.25, -0.2) is 4.98 Å². The Balaban J connectivity index is 1.52. The van der Waals surface area contributed by atoms with Crippen LogP contribution in [0.2, 0.25) is 0 Å². The number of hydrogen-bond acceptors (Lipinski definition) is 6. The van der Waals surface area contributed by atoms with Gasteiger partial charge in [0.2, 0.25) is 0 Å². The van der Waals surface area contributed by atoms with E-state index in [4.69, 9.17) is 4.74 Å². The van der Waals surface area contributed by atoms with Gasteiger partial charge in [0.25, 0.3) is 5.56 Å². The number of aromatic amines is 1. The predicted octanol–water partition coefficient (Wildman–Crippen LogP) is 3.97. The summed E-state index contributed by atoms with van der Waals surface area (Å²) in [7, 11) is 0. The Morgan fingerprint density at radius 1 is 1.10 bits per heavy atom. The van der Waals surface area contributed by atoms with Crippen molar-refractivity contribution in [2.45, 2.75) is 37.4 Å². The third-order valence-electron chi connectivity index (χ3n) is 4.48. The molecule has 148 valence electrons. The van der Waals surface area contributed by atoms with Crippen LogP contribution in [0, 0.1) is 0 Å². The molecular formula is C21H21N5O2S. The SMILES string of the molecule is CCn1c(SCc2nc3ccccc3c(=O)[nH]2)nnc1[C@H](C)Oc1ccccc1. The monoisotopic (exact) mass is 407 g/mol. The molecule has 4 aromatic rings. The van der Waals surface area contributed by atoms with Crippen molar-refractivity contribution < 1.29 is 4.74 Å². The molecule has 0 saturated carbocycles. The zero-order chi connectivity index (χ0) is 20.2. The van der Waals surface area contributed by atoms with Crippen molar-refractivity contribution in [1.29, 1.82) is 0 Å². The lowest BCUT2D eigenvalue weighted by molar-refractivity contribution is 0.210. The fourth-order valence-corrected chi connectivity index (χ4v) is 3.98. The highest BCUT2D eigenvalue weighted by Crippen LogP contribution is 2.25. The first kappa shape index (κ1) is 19.2. The van der Waals surface area contributed by atoms with Gasteiger partial charge in [-0.05, 0) is 38.1 Å². The number of rotatable bonds is 7. The van der Waals surface area contributed by atoms with E-state index in [9.17, 15) is 4.79 Å². The van der Waals surface area contributed by atoms with E-state index in [1.165, 1.54) is 11.8 Å². The fraction of sp³-hybridized carbons (Fsp3) is 0.238. The van der Waals surface area contributed by atoms with E-state index in [1.54, 1.807) is 6.07 Å². The van der Waals surface area contributed by atoms with Crippen molar-refractivity contribution in [2.75, 3.05) is 0 Å². The molecule has 7 nitrogen and oxygen atoms in total. The standard InChI is InChI=1S/C21H21N5O2S/c1-3-26-19(14(2)28-15-9-5-4-6-10-15)24-25-21(26)29-13-18-22-17-12-8-7-11-16(17)20(27)23-18/h4-12,14H,3,13H2,1-2H3,(H,22,23,27)/t14-/m0/s1. The van der Waals surface area contributed by atoms with E-state index in [-0.39, 0.29) is 11.7 Å². The summed E-state index contributed by atoms with van der Waals surface area (Å²) in [5, 5.41) is 10.0. The lowest BCUT2D eigenvalue weighted by Crippen LogP contribution is -2.12. The molecule has 2 aromatic heterocycles. The summed E-state index contributed by atoms with van der Waals surface area (Å²) in [6.45, 7) is 4.72. The van der Waals surface area contributed by atoms with Gasteiger partial charge in [-0.1, -0.05) is 42.1 Å². The Kier molecular flexibility index (Phi) is 5.62. The van der Waals surface area contributed by atoms with Crippen LogP contribution in [0.15, 0.2) is 64.5 Å². The largest absolute Gasteiger partial charge is 0.483 e. The second-order valence-electron chi connectivity index (χ2n) is 6.48. The Hall–Kier alpha value is -3.13. The third kappa shape index (κ3) is 4.17. The normalized spacial score (nSPS) is 12.2. The smallest absolute Gasteiger partial charge is 0.258 e. The van der Waals surface area contributed by atoms with Crippen molar-refractivity contribution in [3.8, 4) is 5.75 Å². The molecule has 0 fully saturated rings. The molecule has 1 atom stereocenters. The summed E-state index contributed by atoms with van der Waals surface area (Å²) < 4.78 is 8.02. The maximum Gasteiger partial charge on any atom is 0.258 e. The van der Waals surface area contributed by atoms with Crippen LogP contribution in [0.3, 0.4) is 0 Å². The van der Waals surface area contributed by atoms with E-state index in [0.717, 1.165) is 23.3 Å². The van der Waals surface area contributed by atoms with E-state index >= 15 is 0 Å².